The molecule has 0 aromatic heterocycles. The largest absolute Gasteiger partial charge is 0.352 e. The molecule has 0 bridgehead atoms. The molecule has 1 aliphatic carbocycles. The van der Waals surface area contributed by atoms with Crippen molar-refractivity contribution >= 4 is 21.8 Å². The molecule has 1 aromatic carbocycles. The van der Waals surface area contributed by atoms with E-state index in [0.29, 0.717) is 5.56 Å². The highest BCUT2D eigenvalue weighted by Crippen LogP contribution is 2.22. The van der Waals surface area contributed by atoms with Gasteiger partial charge >= 0.3 is 0 Å². The fraction of sp³-hybridized carbons (Fsp3) is 0.500. The Hall–Kier alpha value is -1.89. The molecule has 0 spiro atoms. The number of carbonyl (C=O) groups is 1. The van der Waals surface area contributed by atoms with Gasteiger partial charge in [-0.05, 0) is 25.0 Å². The van der Waals surface area contributed by atoms with Crippen LogP contribution >= 0.6 is 0 Å². The van der Waals surface area contributed by atoms with Crippen molar-refractivity contribution in [2.75, 3.05) is 6.54 Å². The summed E-state index contributed by atoms with van der Waals surface area (Å²) in [5.74, 6) is 0.0876. The molecule has 7 heteroatoms. The standard InChI is InChI=1S/C16H21N3O3S/c20-15(18-12-7-3-1-2-4-8-12)11-17-16-13-9-5-6-10-14(13)23(21,22)19-16/h5-6,9-10,12H,1-4,7-8,11H2,(H,17,19)(H,18,20). The van der Waals surface area contributed by atoms with Gasteiger partial charge in [-0.2, -0.15) is 0 Å². The molecule has 1 aromatic rings. The van der Waals surface area contributed by atoms with Gasteiger partial charge in [-0.3, -0.25) is 14.5 Å². The van der Waals surface area contributed by atoms with Crippen molar-refractivity contribution in [2.24, 2.45) is 4.99 Å². The second-order valence-electron chi connectivity index (χ2n) is 6.02. The first-order valence-corrected chi connectivity index (χ1v) is 9.50. The zero-order chi connectivity index (χ0) is 16.3. The van der Waals surface area contributed by atoms with Crippen LogP contribution in [0.1, 0.15) is 44.1 Å². The zero-order valence-electron chi connectivity index (χ0n) is 12.9. The number of carbonyl (C=O) groups excluding carboxylic acids is 1. The lowest BCUT2D eigenvalue weighted by atomic mass is 10.1. The van der Waals surface area contributed by atoms with E-state index < -0.39 is 10.0 Å². The van der Waals surface area contributed by atoms with Crippen molar-refractivity contribution in [3.05, 3.63) is 29.8 Å². The summed E-state index contributed by atoms with van der Waals surface area (Å²) in [6.45, 7) is -0.0668. The average Bonchev–Trinajstić information content (AvgIpc) is 2.70. The van der Waals surface area contributed by atoms with Gasteiger partial charge in [0.1, 0.15) is 12.4 Å². The van der Waals surface area contributed by atoms with Crippen molar-refractivity contribution in [2.45, 2.75) is 49.5 Å². The molecule has 1 saturated carbocycles. The predicted octanol–water partition coefficient (Wildman–Crippen LogP) is 1.56. The maximum absolute atomic E-state index is 12.1. The van der Waals surface area contributed by atoms with Gasteiger partial charge in [0, 0.05) is 11.6 Å². The van der Waals surface area contributed by atoms with Crippen LogP contribution in [0.3, 0.4) is 0 Å². The first-order chi connectivity index (χ1) is 11.1. The van der Waals surface area contributed by atoms with Gasteiger partial charge in [0.15, 0.2) is 0 Å². The highest BCUT2D eigenvalue weighted by Gasteiger charge is 2.30. The SMILES string of the molecule is O=C(CN=C1NS(=O)(=O)c2ccccc21)NC1CCCCCC1. The molecule has 23 heavy (non-hydrogen) atoms. The first kappa shape index (κ1) is 16.0. The summed E-state index contributed by atoms with van der Waals surface area (Å²) in [5.41, 5.74) is 0.523. The summed E-state index contributed by atoms with van der Waals surface area (Å²) in [6.07, 6.45) is 6.77. The van der Waals surface area contributed by atoms with E-state index in [1.165, 1.54) is 18.9 Å². The lowest BCUT2D eigenvalue weighted by Gasteiger charge is -2.15. The zero-order valence-corrected chi connectivity index (χ0v) is 13.7. The second kappa shape index (κ2) is 6.70. The van der Waals surface area contributed by atoms with Crippen LogP contribution in [-0.2, 0) is 14.8 Å². The van der Waals surface area contributed by atoms with Gasteiger partial charge in [-0.1, -0.05) is 37.8 Å². The highest BCUT2D eigenvalue weighted by molar-refractivity contribution is 7.90. The van der Waals surface area contributed by atoms with E-state index >= 15 is 0 Å². The quantitative estimate of drug-likeness (QED) is 0.822. The molecular weight excluding hydrogens is 314 g/mol. The average molecular weight is 335 g/mol. The minimum atomic E-state index is -3.55. The molecule has 2 aliphatic rings. The van der Waals surface area contributed by atoms with Crippen molar-refractivity contribution < 1.29 is 13.2 Å². The number of rotatable bonds is 3. The molecule has 6 nitrogen and oxygen atoms in total. The number of fused-ring (bicyclic) bond motifs is 1. The van der Waals surface area contributed by atoms with Crippen LogP contribution < -0.4 is 10.0 Å². The predicted molar refractivity (Wildman–Crippen MR) is 87.8 cm³/mol. The Morgan fingerprint density at radius 1 is 1.17 bits per heavy atom. The Morgan fingerprint density at radius 3 is 2.61 bits per heavy atom. The molecule has 0 unspecified atom stereocenters. The number of amidine groups is 1. The first-order valence-electron chi connectivity index (χ1n) is 8.02. The Morgan fingerprint density at radius 2 is 1.87 bits per heavy atom. The van der Waals surface area contributed by atoms with Gasteiger partial charge in [-0.25, -0.2) is 8.42 Å². The molecule has 0 saturated heterocycles. The van der Waals surface area contributed by atoms with Crippen LogP contribution in [0.25, 0.3) is 0 Å². The fourth-order valence-electron chi connectivity index (χ4n) is 3.10. The lowest BCUT2D eigenvalue weighted by Crippen LogP contribution is -2.36. The van der Waals surface area contributed by atoms with Gasteiger partial charge in [0.05, 0.1) is 4.90 Å². The molecule has 1 heterocycles. The fourth-order valence-corrected chi connectivity index (χ4v) is 4.35. The van der Waals surface area contributed by atoms with E-state index in [9.17, 15) is 13.2 Å². The molecule has 1 fully saturated rings. The van der Waals surface area contributed by atoms with E-state index in [2.05, 4.69) is 15.0 Å². The van der Waals surface area contributed by atoms with Crippen LogP contribution in [-0.4, -0.2) is 32.7 Å². The number of hydrogen-bond donors (Lipinski definition) is 2. The van der Waals surface area contributed by atoms with E-state index in [4.69, 9.17) is 0 Å². The maximum atomic E-state index is 12.1. The van der Waals surface area contributed by atoms with Crippen molar-refractivity contribution in [1.29, 1.82) is 0 Å². The molecular formula is C16H21N3O3S. The van der Waals surface area contributed by atoms with Crippen molar-refractivity contribution in [3.63, 3.8) is 0 Å². The summed E-state index contributed by atoms with van der Waals surface area (Å²) in [6, 6.07) is 6.86. The topological polar surface area (TPSA) is 87.6 Å². The van der Waals surface area contributed by atoms with Crippen molar-refractivity contribution in [1.82, 2.24) is 10.0 Å². The second-order valence-corrected chi connectivity index (χ2v) is 7.67. The van der Waals surface area contributed by atoms with E-state index in [-0.39, 0.29) is 29.2 Å². The number of amides is 1. The van der Waals surface area contributed by atoms with Gasteiger partial charge < -0.3 is 5.32 Å². The maximum Gasteiger partial charge on any atom is 0.263 e. The summed E-state index contributed by atoms with van der Waals surface area (Å²) in [4.78, 5) is 16.4. The smallest absolute Gasteiger partial charge is 0.263 e. The number of benzene rings is 1. The molecule has 0 radical (unpaired) electrons. The Labute approximate surface area is 136 Å². The Kier molecular flexibility index (Phi) is 4.66. The molecule has 124 valence electrons. The number of sulfonamides is 1. The van der Waals surface area contributed by atoms with Gasteiger partial charge in [0.25, 0.3) is 10.0 Å². The van der Waals surface area contributed by atoms with E-state index in [1.54, 1.807) is 18.2 Å². The van der Waals surface area contributed by atoms with Gasteiger partial charge in [0.2, 0.25) is 5.91 Å². The van der Waals surface area contributed by atoms with Crippen LogP contribution in [0.15, 0.2) is 34.2 Å². The van der Waals surface area contributed by atoms with E-state index in [0.717, 1.165) is 25.7 Å². The Balaban J connectivity index is 1.65. The third-order valence-electron chi connectivity index (χ3n) is 4.26. The number of nitrogens with one attached hydrogen (secondary N) is 2. The summed E-state index contributed by atoms with van der Waals surface area (Å²) < 4.78 is 26.3. The van der Waals surface area contributed by atoms with Crippen LogP contribution in [0, 0.1) is 0 Å². The van der Waals surface area contributed by atoms with E-state index in [1.807, 2.05) is 0 Å². The third-order valence-corrected chi connectivity index (χ3v) is 5.66. The van der Waals surface area contributed by atoms with Crippen LogP contribution in [0.2, 0.25) is 0 Å². The van der Waals surface area contributed by atoms with Crippen molar-refractivity contribution in [3.8, 4) is 0 Å². The minimum Gasteiger partial charge on any atom is -0.352 e. The molecule has 3 rings (SSSR count). The Bertz CT molecular complexity index is 720. The summed E-state index contributed by atoms with van der Waals surface area (Å²) in [5, 5.41) is 3.00. The molecule has 1 amide bonds. The monoisotopic (exact) mass is 335 g/mol. The van der Waals surface area contributed by atoms with Crippen LogP contribution in [0.5, 0.6) is 0 Å². The molecule has 1 aliphatic heterocycles. The normalized spacial score (nSPS) is 22.2. The van der Waals surface area contributed by atoms with Gasteiger partial charge in [-0.15, -0.1) is 0 Å². The minimum absolute atomic E-state index is 0.0668. The molecule has 2 N–H and O–H groups in total. The lowest BCUT2D eigenvalue weighted by molar-refractivity contribution is -0.120. The summed E-state index contributed by atoms with van der Waals surface area (Å²) >= 11 is 0. The number of nitrogens with zero attached hydrogens (tertiary/aromatic N) is 1. The third kappa shape index (κ3) is 3.72. The molecule has 0 atom stereocenters. The highest BCUT2D eigenvalue weighted by atomic mass is 32.2. The number of hydrogen-bond acceptors (Lipinski definition) is 4. The summed E-state index contributed by atoms with van der Waals surface area (Å²) in [7, 11) is -3.55. The van der Waals surface area contributed by atoms with Crippen LogP contribution in [0.4, 0.5) is 0 Å². The number of aliphatic imine (C=N–C) groups is 1.